The van der Waals surface area contributed by atoms with Crippen molar-refractivity contribution in [1.29, 1.82) is 0 Å². The number of fused-ring (bicyclic) bond motifs is 10. The highest BCUT2D eigenvalue weighted by Crippen LogP contribution is 2.35. The zero-order chi connectivity index (χ0) is 89.8. The van der Waals surface area contributed by atoms with Gasteiger partial charge in [0.2, 0.25) is 0 Å². The highest BCUT2D eigenvalue weighted by Gasteiger charge is 2.25. The number of aryl methyl sites for hydroxylation is 2. The van der Waals surface area contributed by atoms with Gasteiger partial charge in [-0.2, -0.15) is 0 Å². The molecule has 0 fully saturated rings. The summed E-state index contributed by atoms with van der Waals surface area (Å²) in [5, 5.41) is 1.33. The number of anilines is 8. The van der Waals surface area contributed by atoms with E-state index in [2.05, 4.69) is 437 Å². The fourth-order valence-electron chi connectivity index (χ4n) is 17.5. The molecule has 0 radical (unpaired) electrons. The smallest absolute Gasteiger partial charge is 0.0880 e. The monoisotopic (exact) mass is 1690 g/mol. The maximum atomic E-state index is 4.41. The first kappa shape index (κ1) is 95.0. The number of hydrogen-bond acceptors (Lipinski definition) is 13. The Hall–Kier alpha value is -11.7. The molecule has 15 nitrogen and oxygen atoms in total. The van der Waals surface area contributed by atoms with Crippen LogP contribution < -0.4 is 39.2 Å². The van der Waals surface area contributed by atoms with Crippen LogP contribution in [-0.4, -0.2) is 122 Å². The van der Waals surface area contributed by atoms with E-state index in [4.69, 9.17) is 0 Å². The third-order valence-electron chi connectivity index (χ3n) is 24.0. The number of benzene rings is 5. The van der Waals surface area contributed by atoms with Crippen LogP contribution in [0.5, 0.6) is 0 Å². The maximum absolute atomic E-state index is 4.41. The quantitative estimate of drug-likeness (QED) is 0.130. The summed E-state index contributed by atoms with van der Waals surface area (Å²) in [6.07, 6.45) is 40.2. The Morgan fingerprint density at radius 3 is 1.29 bits per heavy atom. The molecule has 0 saturated carbocycles. The van der Waals surface area contributed by atoms with Crippen LogP contribution in [0.15, 0.2) is 274 Å². The molecular weight excluding hydrogens is 1540 g/mol. The molecule has 0 saturated heterocycles. The SMILES string of the molecule is CC(C)N1C=CCc2ccccc21.CC(C)N1C=CCc2ncccc21.CC(C)N1CC=Cc2ccccc21.CC(C)N1CC=Cc2ncccc21.CC(C)N1CCCc2ccccc21.CC(C)N1CCCc2ncccc21.CC(C)N1CCc2ccccc21.CC(C)N1CCc2ncccc21.CC(C)n1ccc2ccccc21.CC(C)n1ccc2ncccc21. The van der Waals surface area contributed by atoms with Crippen LogP contribution in [0.4, 0.5) is 45.5 Å². The molecule has 0 bridgehead atoms. The fraction of sp³-hybridized carbons (Fsp3) is 0.396. The lowest BCUT2D eigenvalue weighted by Crippen LogP contribution is -2.35. The molecule has 20 rings (SSSR count). The molecule has 0 N–H and O–H groups in total. The Kier molecular flexibility index (Phi) is 35.4. The van der Waals surface area contributed by atoms with E-state index in [9.17, 15) is 0 Å². The molecule has 7 aromatic heterocycles. The van der Waals surface area contributed by atoms with Gasteiger partial charge in [-0.3, -0.25) is 24.9 Å². The molecular formula is C111H145N15. The average molecular weight is 1690 g/mol. The lowest BCUT2D eigenvalue weighted by molar-refractivity contribution is 0.617. The highest BCUT2D eigenvalue weighted by molar-refractivity contribution is 5.80. The van der Waals surface area contributed by atoms with Crippen LogP contribution in [0.25, 0.3) is 34.1 Å². The van der Waals surface area contributed by atoms with Gasteiger partial charge in [-0.25, -0.2) is 0 Å². The third kappa shape index (κ3) is 25.3. The summed E-state index contributed by atoms with van der Waals surface area (Å²) >= 11 is 0. The number of nitrogens with zero attached hydrogens (tertiary/aromatic N) is 15. The van der Waals surface area contributed by atoms with Crippen LogP contribution in [0.2, 0.25) is 0 Å². The van der Waals surface area contributed by atoms with E-state index >= 15 is 0 Å². The Balaban J connectivity index is 0.000000136. The van der Waals surface area contributed by atoms with Crippen molar-refractivity contribution in [3.8, 4) is 0 Å². The molecule has 5 aromatic carbocycles. The van der Waals surface area contributed by atoms with Gasteiger partial charge in [0.25, 0.3) is 0 Å². The molecule has 0 aliphatic carbocycles. The Morgan fingerprint density at radius 2 is 0.675 bits per heavy atom. The molecule has 664 valence electrons. The first-order chi connectivity index (χ1) is 60.9. The molecule has 12 aromatic rings. The first-order valence-electron chi connectivity index (χ1n) is 46.8. The molecule has 0 atom stereocenters. The molecule has 8 aliphatic rings. The van der Waals surface area contributed by atoms with Crippen molar-refractivity contribution in [2.24, 2.45) is 0 Å². The predicted octanol–water partition coefficient (Wildman–Crippen LogP) is 25.8. The van der Waals surface area contributed by atoms with Crippen molar-refractivity contribution in [1.82, 2.24) is 34.1 Å². The summed E-state index contributed by atoms with van der Waals surface area (Å²) < 4.78 is 4.51. The van der Waals surface area contributed by atoms with Crippen molar-refractivity contribution >= 4 is 79.6 Å². The van der Waals surface area contributed by atoms with Gasteiger partial charge in [-0.15, -0.1) is 0 Å². The van der Waals surface area contributed by atoms with E-state index < -0.39 is 0 Å². The van der Waals surface area contributed by atoms with Gasteiger partial charge in [0.15, 0.2) is 0 Å². The molecule has 8 aliphatic heterocycles. The second-order valence-electron chi connectivity index (χ2n) is 36.2. The Bertz CT molecular complexity index is 5110. The third-order valence-corrected chi connectivity index (χ3v) is 24.0. The standard InChI is InChI=1S/C12H17N.2C12H15N.C11H16N2.2C11H14N2.C11H15N.C11H13N.C10H14N2.C10H12N2/c3*1-10(2)13-9-5-7-11-6-3-4-8-12(11)13;3*1-9(2)13-8-4-5-10-11(13)6-3-7-12-10;2*1-9(2)12-8-7-10-5-3-4-6-11(10)12;2*1-8(2)12-7-5-9-10(12)4-3-6-11-9/h3-4,6,8,10H,5,7,9H2,1-2H3;3-6,8-10H,7H2,1-2H3;3-8,10H,9H2,1-2H3;3,6-7,9H,4-5,8H2,1-2H3;3-4,6-9H,5H2,1-2H3;3-7,9H,8H2,1-2H3;3-6,9H,7-8H2,1-2H3;3-9H,1-2H3;3-4,6,8H,5,7H2,1-2H3;3-8H,1-2H3. The van der Waals surface area contributed by atoms with Crippen LogP contribution in [-0.2, 0) is 38.5 Å². The normalized spacial score (nSPS) is 14.5. The largest absolute Gasteiger partial charge is 0.369 e. The van der Waals surface area contributed by atoms with E-state index in [1.807, 2.05) is 61.3 Å². The highest BCUT2D eigenvalue weighted by atomic mass is 15.2. The zero-order valence-electron chi connectivity index (χ0n) is 79.5. The minimum atomic E-state index is 0.500. The lowest BCUT2D eigenvalue weighted by atomic mass is 10.0. The zero-order valence-corrected chi connectivity index (χ0v) is 79.5. The average Bonchev–Trinajstić information content (AvgIpc) is 1.61. The van der Waals surface area contributed by atoms with Crippen molar-refractivity contribution in [3.63, 3.8) is 0 Å². The maximum Gasteiger partial charge on any atom is 0.0880 e. The topological polar surface area (TPSA) is 100 Å². The van der Waals surface area contributed by atoms with E-state index in [1.165, 1.54) is 147 Å². The minimum absolute atomic E-state index is 0.500. The lowest BCUT2D eigenvalue weighted by Gasteiger charge is -2.34. The van der Waals surface area contributed by atoms with Crippen molar-refractivity contribution in [2.75, 3.05) is 78.5 Å². The fourth-order valence-corrected chi connectivity index (χ4v) is 17.5. The van der Waals surface area contributed by atoms with Crippen molar-refractivity contribution < 1.29 is 0 Å². The second kappa shape index (κ2) is 47.0. The van der Waals surface area contributed by atoms with Gasteiger partial charge in [-0.05, 0) is 314 Å². The van der Waals surface area contributed by atoms with Crippen molar-refractivity contribution in [3.05, 3.63) is 319 Å². The second-order valence-corrected chi connectivity index (χ2v) is 36.2. The number of hydrogen-bond donors (Lipinski definition) is 0. The van der Waals surface area contributed by atoms with Crippen LogP contribution in [0.1, 0.15) is 208 Å². The molecule has 126 heavy (non-hydrogen) atoms. The number of aromatic nitrogens is 7. The van der Waals surface area contributed by atoms with Gasteiger partial charge in [0.05, 0.1) is 56.6 Å². The molecule has 15 heterocycles. The van der Waals surface area contributed by atoms with Crippen LogP contribution in [0.3, 0.4) is 0 Å². The van der Waals surface area contributed by atoms with E-state index in [0.717, 1.165) is 56.5 Å². The summed E-state index contributed by atoms with van der Waals surface area (Å²) in [6.45, 7) is 51.1. The molecule has 0 amide bonds. The van der Waals surface area contributed by atoms with Gasteiger partial charge >= 0.3 is 0 Å². The minimum Gasteiger partial charge on any atom is -0.369 e. The van der Waals surface area contributed by atoms with Crippen molar-refractivity contribution in [2.45, 2.75) is 250 Å². The van der Waals surface area contributed by atoms with Gasteiger partial charge in [-0.1, -0.05) is 121 Å². The van der Waals surface area contributed by atoms with E-state index in [1.54, 1.807) is 0 Å². The van der Waals surface area contributed by atoms with Gasteiger partial charge in [0, 0.05) is 197 Å². The predicted molar refractivity (Wildman–Crippen MR) is 543 cm³/mol. The first-order valence-corrected chi connectivity index (χ1v) is 46.8. The summed E-state index contributed by atoms with van der Waals surface area (Å²) in [5.41, 5.74) is 25.0. The Labute approximate surface area is 757 Å². The Morgan fingerprint density at radius 1 is 0.262 bits per heavy atom. The van der Waals surface area contributed by atoms with E-state index in [-0.39, 0.29) is 0 Å². The molecule has 0 spiro atoms. The summed E-state index contributed by atoms with van der Waals surface area (Å²) in [6, 6.07) is 73.7. The summed E-state index contributed by atoms with van der Waals surface area (Å²) in [7, 11) is 0. The number of para-hydroxylation sites is 5. The van der Waals surface area contributed by atoms with E-state index in [0.29, 0.717) is 60.4 Å². The summed E-state index contributed by atoms with van der Waals surface area (Å²) in [5.74, 6) is 0. The van der Waals surface area contributed by atoms with Gasteiger partial charge in [0.1, 0.15) is 0 Å². The van der Waals surface area contributed by atoms with Gasteiger partial charge < -0.3 is 48.3 Å². The number of pyridine rings is 5. The molecule has 0 unspecified atom stereocenters. The van der Waals surface area contributed by atoms with Crippen LogP contribution >= 0.6 is 0 Å². The number of allylic oxidation sites excluding steroid dienone is 2. The van der Waals surface area contributed by atoms with Crippen LogP contribution in [0, 0.1) is 0 Å². The molecule has 15 heteroatoms. The number of rotatable bonds is 10. The summed E-state index contributed by atoms with van der Waals surface area (Å²) in [4.78, 5) is 40.8.